The Morgan fingerprint density at radius 3 is 2.50 bits per heavy atom. The van der Waals surface area contributed by atoms with Crippen molar-refractivity contribution in [2.75, 3.05) is 20.8 Å². The maximum atomic E-state index is 12.2. The summed E-state index contributed by atoms with van der Waals surface area (Å²) in [5.41, 5.74) is 0.322. The van der Waals surface area contributed by atoms with Crippen LogP contribution in [0.3, 0.4) is 0 Å². The number of carbonyl (C=O) groups excluding carboxylic acids is 2. The van der Waals surface area contributed by atoms with Crippen LogP contribution in [0.15, 0.2) is 18.2 Å². The maximum Gasteiger partial charge on any atom is 0.255 e. The van der Waals surface area contributed by atoms with Crippen molar-refractivity contribution in [3.63, 3.8) is 0 Å². The molecule has 0 fully saturated rings. The van der Waals surface area contributed by atoms with Crippen LogP contribution in [-0.2, 0) is 4.79 Å². The van der Waals surface area contributed by atoms with E-state index in [1.807, 2.05) is 6.92 Å². The van der Waals surface area contributed by atoms with Gasteiger partial charge in [0.05, 0.1) is 19.8 Å². The Bertz CT molecular complexity index is 488. The van der Waals surface area contributed by atoms with Gasteiger partial charge in [-0.05, 0) is 32.0 Å². The average molecular weight is 280 g/mol. The quantitative estimate of drug-likeness (QED) is 0.813. The fraction of sp³-hybridized carbons (Fsp3) is 0.429. The molecule has 20 heavy (non-hydrogen) atoms. The number of hydrogen-bond donors (Lipinski definition) is 2. The minimum atomic E-state index is -0.627. The molecule has 0 saturated carbocycles. The summed E-state index contributed by atoms with van der Waals surface area (Å²) in [5.74, 6) is 0.343. The van der Waals surface area contributed by atoms with Gasteiger partial charge in [-0.2, -0.15) is 0 Å². The standard InChI is InChI=1S/C14H20N2O4/c1-5-15-13(17)9(2)16-14(18)11-8-10(19-3)6-7-12(11)20-4/h6-9H,5H2,1-4H3,(H,15,17)(H,16,18). The summed E-state index contributed by atoms with van der Waals surface area (Å²) in [4.78, 5) is 23.8. The van der Waals surface area contributed by atoms with Crippen molar-refractivity contribution in [2.24, 2.45) is 0 Å². The minimum absolute atomic E-state index is 0.234. The summed E-state index contributed by atoms with van der Waals surface area (Å²) in [5, 5.41) is 5.26. The van der Waals surface area contributed by atoms with E-state index in [1.165, 1.54) is 14.2 Å². The highest BCUT2D eigenvalue weighted by Gasteiger charge is 2.19. The van der Waals surface area contributed by atoms with Gasteiger partial charge in [-0.1, -0.05) is 0 Å². The molecule has 0 radical (unpaired) electrons. The van der Waals surface area contributed by atoms with Gasteiger partial charge < -0.3 is 20.1 Å². The van der Waals surface area contributed by atoms with Gasteiger partial charge in [0.25, 0.3) is 5.91 Å². The highest BCUT2D eigenvalue weighted by atomic mass is 16.5. The van der Waals surface area contributed by atoms with Crippen molar-refractivity contribution in [1.29, 1.82) is 0 Å². The van der Waals surface area contributed by atoms with Crippen LogP contribution in [0.4, 0.5) is 0 Å². The van der Waals surface area contributed by atoms with Crippen molar-refractivity contribution in [3.8, 4) is 11.5 Å². The Morgan fingerprint density at radius 2 is 1.95 bits per heavy atom. The Kier molecular flexibility index (Phi) is 5.83. The van der Waals surface area contributed by atoms with Crippen molar-refractivity contribution in [2.45, 2.75) is 19.9 Å². The van der Waals surface area contributed by atoms with Crippen LogP contribution in [0.1, 0.15) is 24.2 Å². The van der Waals surface area contributed by atoms with E-state index in [1.54, 1.807) is 25.1 Å². The molecule has 6 heteroatoms. The molecule has 0 aliphatic heterocycles. The van der Waals surface area contributed by atoms with E-state index in [0.29, 0.717) is 23.6 Å². The number of amides is 2. The monoisotopic (exact) mass is 280 g/mol. The molecule has 2 amide bonds. The van der Waals surface area contributed by atoms with Crippen LogP contribution in [0.5, 0.6) is 11.5 Å². The highest BCUT2D eigenvalue weighted by Crippen LogP contribution is 2.23. The molecule has 1 aromatic carbocycles. The molecule has 1 unspecified atom stereocenters. The number of likely N-dealkylation sites (N-methyl/N-ethyl adjacent to an activating group) is 1. The number of hydrogen-bond acceptors (Lipinski definition) is 4. The van der Waals surface area contributed by atoms with Gasteiger partial charge in [0.15, 0.2) is 0 Å². The van der Waals surface area contributed by atoms with Gasteiger partial charge in [-0.3, -0.25) is 9.59 Å². The fourth-order valence-electron chi connectivity index (χ4n) is 1.66. The van der Waals surface area contributed by atoms with Crippen LogP contribution < -0.4 is 20.1 Å². The summed E-state index contributed by atoms with van der Waals surface area (Å²) in [6.07, 6.45) is 0. The normalized spacial score (nSPS) is 11.4. The largest absolute Gasteiger partial charge is 0.497 e. The fourth-order valence-corrected chi connectivity index (χ4v) is 1.66. The molecule has 0 aliphatic carbocycles. The lowest BCUT2D eigenvalue weighted by Crippen LogP contribution is -2.44. The van der Waals surface area contributed by atoms with E-state index in [0.717, 1.165) is 0 Å². The summed E-state index contributed by atoms with van der Waals surface area (Å²) in [6.45, 7) is 3.95. The van der Waals surface area contributed by atoms with Crippen LogP contribution in [0, 0.1) is 0 Å². The molecule has 0 bridgehead atoms. The second-order valence-corrected chi connectivity index (χ2v) is 4.16. The molecule has 110 valence electrons. The lowest BCUT2D eigenvalue weighted by molar-refractivity contribution is -0.122. The van der Waals surface area contributed by atoms with Gasteiger partial charge in [0, 0.05) is 6.54 Å². The first-order chi connectivity index (χ1) is 9.53. The Morgan fingerprint density at radius 1 is 1.25 bits per heavy atom. The zero-order valence-electron chi connectivity index (χ0n) is 12.1. The third-order valence-electron chi connectivity index (χ3n) is 2.74. The lowest BCUT2D eigenvalue weighted by atomic mass is 10.1. The van der Waals surface area contributed by atoms with Gasteiger partial charge in [-0.25, -0.2) is 0 Å². The smallest absolute Gasteiger partial charge is 0.255 e. The van der Waals surface area contributed by atoms with E-state index in [2.05, 4.69) is 10.6 Å². The summed E-state index contributed by atoms with van der Waals surface area (Å²) < 4.78 is 10.2. The first kappa shape index (κ1) is 15.8. The van der Waals surface area contributed by atoms with E-state index >= 15 is 0 Å². The summed E-state index contributed by atoms with van der Waals surface area (Å²) in [7, 11) is 2.99. The van der Waals surface area contributed by atoms with E-state index < -0.39 is 6.04 Å². The SMILES string of the molecule is CCNC(=O)C(C)NC(=O)c1cc(OC)ccc1OC. The van der Waals surface area contributed by atoms with Crippen molar-refractivity contribution >= 4 is 11.8 Å². The van der Waals surface area contributed by atoms with Crippen LogP contribution in [0.2, 0.25) is 0 Å². The molecule has 0 aliphatic rings. The summed E-state index contributed by atoms with van der Waals surface area (Å²) in [6, 6.07) is 4.28. The molecule has 0 saturated heterocycles. The molecule has 1 rings (SSSR count). The third-order valence-corrected chi connectivity index (χ3v) is 2.74. The van der Waals surface area contributed by atoms with E-state index in [-0.39, 0.29) is 11.8 Å². The molecule has 1 aromatic rings. The molecule has 0 heterocycles. The second-order valence-electron chi connectivity index (χ2n) is 4.16. The zero-order chi connectivity index (χ0) is 15.1. The van der Waals surface area contributed by atoms with Crippen LogP contribution in [0.25, 0.3) is 0 Å². The Labute approximate surface area is 118 Å². The maximum absolute atomic E-state index is 12.2. The minimum Gasteiger partial charge on any atom is -0.497 e. The topological polar surface area (TPSA) is 76.7 Å². The second kappa shape index (κ2) is 7.37. The number of carbonyl (C=O) groups is 2. The van der Waals surface area contributed by atoms with Gasteiger partial charge in [-0.15, -0.1) is 0 Å². The van der Waals surface area contributed by atoms with Crippen molar-refractivity contribution in [1.82, 2.24) is 10.6 Å². The number of methoxy groups -OCH3 is 2. The predicted octanol–water partition coefficient (Wildman–Crippen LogP) is 0.958. The van der Waals surface area contributed by atoms with Gasteiger partial charge >= 0.3 is 0 Å². The Hall–Kier alpha value is -2.24. The Balaban J connectivity index is 2.88. The molecular formula is C14H20N2O4. The van der Waals surface area contributed by atoms with Gasteiger partial charge in [0.1, 0.15) is 17.5 Å². The first-order valence-electron chi connectivity index (χ1n) is 6.34. The summed E-state index contributed by atoms with van der Waals surface area (Å²) >= 11 is 0. The molecule has 0 aromatic heterocycles. The molecule has 2 N–H and O–H groups in total. The average Bonchev–Trinajstić information content (AvgIpc) is 2.46. The highest BCUT2D eigenvalue weighted by molar-refractivity contribution is 5.99. The number of nitrogens with one attached hydrogen (secondary N) is 2. The first-order valence-corrected chi connectivity index (χ1v) is 6.34. The van der Waals surface area contributed by atoms with Crippen molar-refractivity contribution in [3.05, 3.63) is 23.8 Å². The zero-order valence-corrected chi connectivity index (χ0v) is 12.1. The predicted molar refractivity (Wildman–Crippen MR) is 75.2 cm³/mol. The molecule has 6 nitrogen and oxygen atoms in total. The van der Waals surface area contributed by atoms with E-state index in [4.69, 9.17) is 9.47 Å². The number of ether oxygens (including phenoxy) is 2. The molecular weight excluding hydrogens is 260 g/mol. The van der Waals surface area contributed by atoms with Crippen LogP contribution in [-0.4, -0.2) is 38.6 Å². The van der Waals surface area contributed by atoms with E-state index in [9.17, 15) is 9.59 Å². The number of benzene rings is 1. The van der Waals surface area contributed by atoms with Gasteiger partial charge in [0.2, 0.25) is 5.91 Å². The third kappa shape index (κ3) is 3.88. The molecule has 0 spiro atoms. The lowest BCUT2D eigenvalue weighted by Gasteiger charge is -2.15. The molecule has 1 atom stereocenters. The number of rotatable bonds is 6. The van der Waals surface area contributed by atoms with Crippen LogP contribution >= 0.6 is 0 Å². The van der Waals surface area contributed by atoms with Crippen molar-refractivity contribution < 1.29 is 19.1 Å².